The van der Waals surface area contributed by atoms with Gasteiger partial charge >= 0.3 is 6.61 Å². The van der Waals surface area contributed by atoms with Crippen molar-refractivity contribution in [1.29, 1.82) is 0 Å². The SMILES string of the molecule is OCCC=Cc1ccccc1OC(F)F. The number of benzene rings is 1. The van der Waals surface area contributed by atoms with Crippen LogP contribution < -0.4 is 4.74 Å². The van der Waals surface area contributed by atoms with Gasteiger partial charge in [0.1, 0.15) is 5.75 Å². The van der Waals surface area contributed by atoms with Gasteiger partial charge in [0, 0.05) is 12.2 Å². The molecule has 0 aromatic heterocycles. The van der Waals surface area contributed by atoms with E-state index in [1.54, 1.807) is 30.4 Å². The van der Waals surface area contributed by atoms with Gasteiger partial charge < -0.3 is 9.84 Å². The second-order valence-electron chi connectivity index (χ2n) is 2.83. The summed E-state index contributed by atoms with van der Waals surface area (Å²) in [5.74, 6) is 0.140. The Bertz CT molecular complexity index is 324. The summed E-state index contributed by atoms with van der Waals surface area (Å²) in [5.41, 5.74) is 0.575. The Balaban J connectivity index is 2.76. The van der Waals surface area contributed by atoms with Crippen molar-refractivity contribution in [3.8, 4) is 5.75 Å². The number of aliphatic hydroxyl groups excluding tert-OH is 1. The van der Waals surface area contributed by atoms with Crippen molar-refractivity contribution in [3.63, 3.8) is 0 Å². The molecule has 1 aromatic rings. The highest BCUT2D eigenvalue weighted by Crippen LogP contribution is 2.21. The van der Waals surface area contributed by atoms with Crippen LogP contribution in [0.5, 0.6) is 5.75 Å². The Morgan fingerprint density at radius 1 is 1.33 bits per heavy atom. The average molecular weight is 214 g/mol. The Kier molecular flexibility index (Phi) is 4.77. The molecular weight excluding hydrogens is 202 g/mol. The Hall–Kier alpha value is -1.42. The number of ether oxygens (including phenoxy) is 1. The maximum atomic E-state index is 12.0. The highest BCUT2D eigenvalue weighted by atomic mass is 19.3. The molecule has 0 aliphatic rings. The van der Waals surface area contributed by atoms with Crippen molar-refractivity contribution >= 4 is 6.08 Å². The van der Waals surface area contributed by atoms with Crippen LogP contribution in [-0.4, -0.2) is 18.3 Å². The predicted octanol–water partition coefficient (Wildman–Crippen LogP) is 2.68. The minimum Gasteiger partial charge on any atom is -0.434 e. The first kappa shape index (κ1) is 11.7. The smallest absolute Gasteiger partial charge is 0.387 e. The average Bonchev–Trinajstić information content (AvgIpc) is 2.20. The molecule has 0 saturated carbocycles. The molecule has 82 valence electrons. The molecule has 0 aliphatic heterocycles. The molecule has 1 rings (SSSR count). The zero-order valence-corrected chi connectivity index (χ0v) is 8.07. The number of rotatable bonds is 5. The second-order valence-corrected chi connectivity index (χ2v) is 2.83. The monoisotopic (exact) mass is 214 g/mol. The predicted molar refractivity (Wildman–Crippen MR) is 53.8 cm³/mol. The minimum absolute atomic E-state index is 0.0361. The molecule has 0 saturated heterocycles. The van der Waals surface area contributed by atoms with Crippen molar-refractivity contribution in [3.05, 3.63) is 35.9 Å². The molecule has 0 bridgehead atoms. The number of aliphatic hydroxyl groups is 1. The van der Waals surface area contributed by atoms with Crippen LogP contribution in [-0.2, 0) is 0 Å². The van der Waals surface area contributed by atoms with Crippen LogP contribution >= 0.6 is 0 Å². The van der Waals surface area contributed by atoms with E-state index in [4.69, 9.17) is 5.11 Å². The van der Waals surface area contributed by atoms with Gasteiger partial charge in [0.25, 0.3) is 0 Å². The van der Waals surface area contributed by atoms with Gasteiger partial charge in [-0.25, -0.2) is 0 Å². The highest BCUT2D eigenvalue weighted by Gasteiger charge is 2.06. The van der Waals surface area contributed by atoms with Crippen molar-refractivity contribution < 1.29 is 18.6 Å². The number of halogens is 2. The zero-order valence-electron chi connectivity index (χ0n) is 8.07. The van der Waals surface area contributed by atoms with Gasteiger partial charge in [-0.1, -0.05) is 30.4 Å². The fourth-order valence-electron chi connectivity index (χ4n) is 1.11. The standard InChI is InChI=1S/C11H12F2O2/c12-11(13)15-10-7-2-1-5-9(10)6-3-4-8-14/h1-3,5-7,11,14H,4,8H2. The molecule has 0 fully saturated rings. The lowest BCUT2D eigenvalue weighted by molar-refractivity contribution is -0.0499. The fourth-order valence-corrected chi connectivity index (χ4v) is 1.11. The summed E-state index contributed by atoms with van der Waals surface area (Å²) < 4.78 is 28.3. The van der Waals surface area contributed by atoms with E-state index < -0.39 is 6.61 Å². The molecule has 0 atom stereocenters. The summed E-state index contributed by atoms with van der Waals surface area (Å²) >= 11 is 0. The summed E-state index contributed by atoms with van der Waals surface area (Å²) in [6, 6.07) is 6.51. The van der Waals surface area contributed by atoms with E-state index in [-0.39, 0.29) is 12.4 Å². The van der Waals surface area contributed by atoms with Crippen molar-refractivity contribution in [2.75, 3.05) is 6.61 Å². The van der Waals surface area contributed by atoms with E-state index in [1.165, 1.54) is 6.07 Å². The third-order valence-electron chi connectivity index (χ3n) is 1.73. The zero-order chi connectivity index (χ0) is 11.1. The fraction of sp³-hybridized carbons (Fsp3) is 0.273. The third kappa shape index (κ3) is 4.08. The molecule has 0 radical (unpaired) electrons. The Morgan fingerprint density at radius 2 is 2.07 bits per heavy atom. The quantitative estimate of drug-likeness (QED) is 0.816. The summed E-state index contributed by atoms with van der Waals surface area (Å²) in [7, 11) is 0. The van der Waals surface area contributed by atoms with Crippen LogP contribution in [0.1, 0.15) is 12.0 Å². The number of alkyl halides is 2. The van der Waals surface area contributed by atoms with E-state index in [0.29, 0.717) is 12.0 Å². The number of hydrogen-bond acceptors (Lipinski definition) is 2. The molecule has 0 unspecified atom stereocenters. The maximum Gasteiger partial charge on any atom is 0.387 e. The molecule has 2 nitrogen and oxygen atoms in total. The van der Waals surface area contributed by atoms with E-state index in [1.807, 2.05) is 0 Å². The van der Waals surface area contributed by atoms with E-state index in [0.717, 1.165) is 0 Å². The van der Waals surface area contributed by atoms with Crippen LogP contribution in [0, 0.1) is 0 Å². The summed E-state index contributed by atoms with van der Waals surface area (Å²) in [4.78, 5) is 0. The number of hydrogen-bond donors (Lipinski definition) is 1. The Labute approximate surface area is 86.8 Å². The molecule has 4 heteroatoms. The van der Waals surface area contributed by atoms with E-state index >= 15 is 0 Å². The van der Waals surface area contributed by atoms with Gasteiger partial charge in [-0.05, 0) is 12.5 Å². The molecule has 0 amide bonds. The first-order valence-electron chi connectivity index (χ1n) is 4.55. The summed E-state index contributed by atoms with van der Waals surface area (Å²) in [5, 5.41) is 8.56. The van der Waals surface area contributed by atoms with Crippen molar-refractivity contribution in [2.45, 2.75) is 13.0 Å². The van der Waals surface area contributed by atoms with Gasteiger partial charge in [-0.15, -0.1) is 0 Å². The molecule has 15 heavy (non-hydrogen) atoms. The molecule has 0 spiro atoms. The van der Waals surface area contributed by atoms with Gasteiger partial charge in [-0.2, -0.15) is 8.78 Å². The maximum absolute atomic E-state index is 12.0. The van der Waals surface area contributed by atoms with Crippen LogP contribution in [0.3, 0.4) is 0 Å². The minimum atomic E-state index is -2.82. The Morgan fingerprint density at radius 3 is 2.73 bits per heavy atom. The van der Waals surface area contributed by atoms with Crippen molar-refractivity contribution in [1.82, 2.24) is 0 Å². The molecule has 1 aromatic carbocycles. The summed E-state index contributed by atoms with van der Waals surface area (Å²) in [6.45, 7) is -2.79. The van der Waals surface area contributed by atoms with Gasteiger partial charge in [0.15, 0.2) is 0 Å². The highest BCUT2D eigenvalue weighted by molar-refractivity contribution is 5.57. The largest absolute Gasteiger partial charge is 0.434 e. The first-order chi connectivity index (χ1) is 7.24. The van der Waals surface area contributed by atoms with Crippen LogP contribution in [0.2, 0.25) is 0 Å². The van der Waals surface area contributed by atoms with Crippen molar-refractivity contribution in [2.24, 2.45) is 0 Å². The van der Waals surface area contributed by atoms with E-state index in [9.17, 15) is 8.78 Å². The topological polar surface area (TPSA) is 29.5 Å². The number of para-hydroxylation sites is 1. The van der Waals surface area contributed by atoms with Gasteiger partial charge in [-0.3, -0.25) is 0 Å². The van der Waals surface area contributed by atoms with Gasteiger partial charge in [0.2, 0.25) is 0 Å². The lowest BCUT2D eigenvalue weighted by atomic mass is 10.2. The normalized spacial score (nSPS) is 11.2. The van der Waals surface area contributed by atoms with Gasteiger partial charge in [0.05, 0.1) is 0 Å². The van der Waals surface area contributed by atoms with Crippen LogP contribution in [0.15, 0.2) is 30.3 Å². The molecular formula is C11H12F2O2. The first-order valence-corrected chi connectivity index (χ1v) is 4.55. The van der Waals surface area contributed by atoms with E-state index in [2.05, 4.69) is 4.74 Å². The third-order valence-corrected chi connectivity index (χ3v) is 1.73. The molecule has 0 heterocycles. The second kappa shape index (κ2) is 6.14. The lowest BCUT2D eigenvalue weighted by Crippen LogP contribution is -2.02. The lowest BCUT2D eigenvalue weighted by Gasteiger charge is -2.07. The van der Waals surface area contributed by atoms with Crippen LogP contribution in [0.25, 0.3) is 6.08 Å². The summed E-state index contributed by atoms with van der Waals surface area (Å²) in [6.07, 6.45) is 3.84. The molecule has 0 aliphatic carbocycles. The molecule has 1 N–H and O–H groups in total. The van der Waals surface area contributed by atoms with Crippen LogP contribution in [0.4, 0.5) is 8.78 Å².